The van der Waals surface area contributed by atoms with Crippen LogP contribution < -0.4 is 0 Å². The zero-order chi connectivity index (χ0) is 13.0. The Hall–Kier alpha value is -1.50. The minimum absolute atomic E-state index is 0.0219. The average molecular weight is 240 g/mol. The summed E-state index contributed by atoms with van der Waals surface area (Å²) in [5.74, 6) is 0. The number of likely N-dealkylation sites (N-methyl/N-ethyl adjacent to an activating group) is 1. The maximum absolute atomic E-state index is 10.5. The van der Waals surface area contributed by atoms with Crippen LogP contribution in [0.4, 0.5) is 5.69 Å². The summed E-state index contributed by atoms with van der Waals surface area (Å²) in [5, 5.41) is 29.6. The normalized spacial score (nSPS) is 14.6. The third-order valence-corrected chi connectivity index (χ3v) is 2.66. The SMILES string of the molecule is CN(C)[C@H](CO)C(O)c1ccc([N+](=O)[O-])cc1. The van der Waals surface area contributed by atoms with Crippen molar-refractivity contribution in [3.8, 4) is 0 Å². The van der Waals surface area contributed by atoms with Crippen molar-refractivity contribution in [2.24, 2.45) is 0 Å². The second-order valence-electron chi connectivity index (χ2n) is 4.01. The Bertz CT molecular complexity index is 378. The first-order valence-corrected chi connectivity index (χ1v) is 5.17. The number of aliphatic hydroxyl groups is 2. The molecule has 0 aliphatic heterocycles. The molecular weight excluding hydrogens is 224 g/mol. The van der Waals surface area contributed by atoms with Gasteiger partial charge in [-0.2, -0.15) is 0 Å². The van der Waals surface area contributed by atoms with Crippen LogP contribution in [0, 0.1) is 10.1 Å². The molecule has 2 atom stereocenters. The maximum atomic E-state index is 10.5. The van der Waals surface area contributed by atoms with Crippen molar-refractivity contribution < 1.29 is 15.1 Å². The van der Waals surface area contributed by atoms with E-state index in [1.165, 1.54) is 24.3 Å². The average Bonchev–Trinajstić information content (AvgIpc) is 2.29. The summed E-state index contributed by atoms with van der Waals surface area (Å²) in [6.45, 7) is -0.189. The number of benzene rings is 1. The van der Waals surface area contributed by atoms with Crippen molar-refractivity contribution in [1.29, 1.82) is 0 Å². The number of nitro benzene ring substituents is 1. The molecule has 0 bridgehead atoms. The van der Waals surface area contributed by atoms with Crippen LogP contribution in [0.25, 0.3) is 0 Å². The maximum Gasteiger partial charge on any atom is 0.269 e. The fourth-order valence-electron chi connectivity index (χ4n) is 1.56. The van der Waals surface area contributed by atoms with Crippen molar-refractivity contribution >= 4 is 5.69 Å². The van der Waals surface area contributed by atoms with E-state index in [4.69, 9.17) is 5.11 Å². The van der Waals surface area contributed by atoms with E-state index in [1.807, 2.05) is 0 Å². The quantitative estimate of drug-likeness (QED) is 0.579. The standard InChI is InChI=1S/C11H16N2O4/c1-12(2)10(7-14)11(15)8-3-5-9(6-4-8)13(16)17/h3-6,10-11,14-15H,7H2,1-2H3/t10-,11?/m1/s1. The molecule has 0 radical (unpaired) electrons. The molecule has 1 rings (SSSR count). The molecule has 0 spiro atoms. The summed E-state index contributed by atoms with van der Waals surface area (Å²) in [7, 11) is 3.49. The number of rotatable bonds is 5. The molecule has 0 aliphatic rings. The zero-order valence-corrected chi connectivity index (χ0v) is 9.78. The van der Waals surface area contributed by atoms with Crippen LogP contribution in [-0.4, -0.2) is 46.8 Å². The molecule has 0 aliphatic carbocycles. The Morgan fingerprint density at radius 1 is 1.35 bits per heavy atom. The largest absolute Gasteiger partial charge is 0.395 e. The Balaban J connectivity index is 2.88. The van der Waals surface area contributed by atoms with Crippen LogP contribution in [0.5, 0.6) is 0 Å². The first-order valence-electron chi connectivity index (χ1n) is 5.17. The molecule has 0 amide bonds. The van der Waals surface area contributed by atoms with Crippen molar-refractivity contribution in [3.05, 3.63) is 39.9 Å². The second kappa shape index (κ2) is 5.72. The van der Waals surface area contributed by atoms with Crippen LogP contribution in [0.15, 0.2) is 24.3 Å². The predicted octanol–water partition coefficient (Wildman–Crippen LogP) is 0.551. The molecule has 1 aromatic carbocycles. The van der Waals surface area contributed by atoms with E-state index in [0.29, 0.717) is 5.56 Å². The van der Waals surface area contributed by atoms with Crippen LogP contribution >= 0.6 is 0 Å². The highest BCUT2D eigenvalue weighted by molar-refractivity contribution is 5.34. The third kappa shape index (κ3) is 3.23. The van der Waals surface area contributed by atoms with Crippen molar-refractivity contribution in [2.45, 2.75) is 12.1 Å². The number of nitrogens with zero attached hydrogens (tertiary/aromatic N) is 2. The molecule has 0 aromatic heterocycles. The highest BCUT2D eigenvalue weighted by Gasteiger charge is 2.22. The first kappa shape index (κ1) is 13.6. The van der Waals surface area contributed by atoms with E-state index in [0.717, 1.165) is 0 Å². The van der Waals surface area contributed by atoms with E-state index in [2.05, 4.69) is 0 Å². The van der Waals surface area contributed by atoms with Crippen LogP contribution in [0.3, 0.4) is 0 Å². The van der Waals surface area contributed by atoms with Gasteiger partial charge >= 0.3 is 0 Å². The fourth-order valence-corrected chi connectivity index (χ4v) is 1.56. The minimum Gasteiger partial charge on any atom is -0.395 e. The Morgan fingerprint density at radius 2 is 1.88 bits per heavy atom. The molecule has 0 heterocycles. The van der Waals surface area contributed by atoms with Crippen molar-refractivity contribution in [3.63, 3.8) is 0 Å². The highest BCUT2D eigenvalue weighted by Crippen LogP contribution is 2.22. The third-order valence-electron chi connectivity index (χ3n) is 2.66. The predicted molar refractivity (Wildman–Crippen MR) is 62.6 cm³/mol. The van der Waals surface area contributed by atoms with Gasteiger partial charge in [0.05, 0.1) is 23.7 Å². The van der Waals surface area contributed by atoms with Gasteiger partial charge in [0.2, 0.25) is 0 Å². The molecule has 94 valence electrons. The summed E-state index contributed by atoms with van der Waals surface area (Å²) in [4.78, 5) is 11.7. The van der Waals surface area contributed by atoms with Gasteiger partial charge in [-0.1, -0.05) is 0 Å². The Kier molecular flexibility index (Phi) is 4.56. The molecule has 0 saturated heterocycles. The molecule has 6 heteroatoms. The first-order chi connectivity index (χ1) is 7.97. The van der Waals surface area contributed by atoms with Crippen LogP contribution in [0.1, 0.15) is 11.7 Å². The lowest BCUT2D eigenvalue weighted by atomic mass is 10.0. The molecule has 0 saturated carbocycles. The lowest BCUT2D eigenvalue weighted by Gasteiger charge is -2.27. The Labute approximate surface area is 99.3 Å². The molecule has 0 fully saturated rings. The summed E-state index contributed by atoms with van der Waals surface area (Å²) in [6, 6.07) is 5.23. The van der Waals surface area contributed by atoms with E-state index in [9.17, 15) is 15.2 Å². The molecular formula is C11H16N2O4. The van der Waals surface area contributed by atoms with Gasteiger partial charge in [-0.3, -0.25) is 10.1 Å². The number of aliphatic hydroxyl groups excluding tert-OH is 2. The van der Waals surface area contributed by atoms with Crippen molar-refractivity contribution in [1.82, 2.24) is 4.90 Å². The number of nitro groups is 1. The van der Waals surface area contributed by atoms with Gasteiger partial charge in [-0.05, 0) is 31.8 Å². The topological polar surface area (TPSA) is 86.8 Å². The Morgan fingerprint density at radius 3 is 2.24 bits per heavy atom. The lowest BCUT2D eigenvalue weighted by molar-refractivity contribution is -0.384. The van der Waals surface area contributed by atoms with E-state index in [-0.39, 0.29) is 12.3 Å². The number of non-ortho nitro benzene ring substituents is 1. The summed E-state index contributed by atoms with van der Waals surface area (Å²) in [6.07, 6.45) is -0.879. The van der Waals surface area contributed by atoms with Gasteiger partial charge in [0, 0.05) is 12.1 Å². The molecule has 1 unspecified atom stereocenters. The van der Waals surface area contributed by atoms with Crippen LogP contribution in [-0.2, 0) is 0 Å². The smallest absolute Gasteiger partial charge is 0.269 e. The summed E-state index contributed by atoms with van der Waals surface area (Å²) < 4.78 is 0. The van der Waals surface area contributed by atoms with Gasteiger partial charge in [0.15, 0.2) is 0 Å². The van der Waals surface area contributed by atoms with E-state index < -0.39 is 17.1 Å². The van der Waals surface area contributed by atoms with Gasteiger partial charge in [-0.25, -0.2) is 0 Å². The highest BCUT2D eigenvalue weighted by atomic mass is 16.6. The monoisotopic (exact) mass is 240 g/mol. The van der Waals surface area contributed by atoms with E-state index >= 15 is 0 Å². The molecule has 17 heavy (non-hydrogen) atoms. The van der Waals surface area contributed by atoms with E-state index in [1.54, 1.807) is 19.0 Å². The van der Waals surface area contributed by atoms with Gasteiger partial charge in [-0.15, -0.1) is 0 Å². The van der Waals surface area contributed by atoms with Gasteiger partial charge in [0.1, 0.15) is 0 Å². The van der Waals surface area contributed by atoms with Crippen LogP contribution in [0.2, 0.25) is 0 Å². The van der Waals surface area contributed by atoms with Gasteiger partial charge < -0.3 is 15.1 Å². The number of hydrogen-bond donors (Lipinski definition) is 2. The summed E-state index contributed by atoms with van der Waals surface area (Å²) >= 11 is 0. The lowest BCUT2D eigenvalue weighted by Crippen LogP contribution is -2.37. The fraction of sp³-hybridized carbons (Fsp3) is 0.455. The molecule has 1 aromatic rings. The molecule has 2 N–H and O–H groups in total. The molecule has 6 nitrogen and oxygen atoms in total. The minimum atomic E-state index is -0.879. The second-order valence-corrected chi connectivity index (χ2v) is 4.01. The zero-order valence-electron chi connectivity index (χ0n) is 9.78. The summed E-state index contributed by atoms with van der Waals surface area (Å²) in [5.41, 5.74) is 0.523. The van der Waals surface area contributed by atoms with Crippen molar-refractivity contribution in [2.75, 3.05) is 20.7 Å². The van der Waals surface area contributed by atoms with Gasteiger partial charge in [0.25, 0.3) is 5.69 Å². The number of hydrogen-bond acceptors (Lipinski definition) is 5.